The van der Waals surface area contributed by atoms with Crippen molar-refractivity contribution < 1.29 is 9.84 Å². The molecular formula is C22H21N5O2. The number of nitrogens with two attached hydrogens (primary N) is 1. The van der Waals surface area contributed by atoms with Crippen molar-refractivity contribution in [2.24, 2.45) is 5.92 Å². The van der Waals surface area contributed by atoms with Crippen LogP contribution in [0.2, 0.25) is 0 Å². The van der Waals surface area contributed by atoms with Gasteiger partial charge in [0.1, 0.15) is 29.3 Å². The Balaban J connectivity index is 1.50. The van der Waals surface area contributed by atoms with E-state index in [1.54, 1.807) is 0 Å². The van der Waals surface area contributed by atoms with Gasteiger partial charge in [-0.05, 0) is 55.2 Å². The third-order valence-corrected chi connectivity index (χ3v) is 5.44. The number of nitrogen functional groups attached to an aromatic ring is 1. The predicted molar refractivity (Wildman–Crippen MR) is 111 cm³/mol. The van der Waals surface area contributed by atoms with E-state index in [1.807, 2.05) is 59.3 Å². The number of aromatic nitrogens is 4. The molecule has 5 rings (SSSR count). The van der Waals surface area contributed by atoms with Gasteiger partial charge in [-0.2, -0.15) is 5.10 Å². The lowest BCUT2D eigenvalue weighted by Crippen LogP contribution is -2.29. The molecule has 2 aromatic carbocycles. The summed E-state index contributed by atoms with van der Waals surface area (Å²) >= 11 is 0. The van der Waals surface area contributed by atoms with Crippen LogP contribution in [0.25, 0.3) is 22.3 Å². The average molecular weight is 387 g/mol. The van der Waals surface area contributed by atoms with E-state index < -0.39 is 0 Å². The number of aliphatic hydroxyl groups excluding tert-OH is 1. The van der Waals surface area contributed by atoms with Gasteiger partial charge in [0.15, 0.2) is 5.65 Å². The Morgan fingerprint density at radius 3 is 2.45 bits per heavy atom. The first-order valence-electron chi connectivity index (χ1n) is 9.66. The molecule has 0 atom stereocenters. The number of hydrogen-bond donors (Lipinski definition) is 2. The Morgan fingerprint density at radius 2 is 1.72 bits per heavy atom. The maximum Gasteiger partial charge on any atom is 0.164 e. The number of rotatable bonds is 5. The zero-order chi connectivity index (χ0) is 19.8. The molecule has 0 saturated heterocycles. The van der Waals surface area contributed by atoms with Gasteiger partial charge in [-0.1, -0.05) is 18.2 Å². The third kappa shape index (κ3) is 3.19. The van der Waals surface area contributed by atoms with Gasteiger partial charge in [0, 0.05) is 12.2 Å². The molecule has 0 bridgehead atoms. The summed E-state index contributed by atoms with van der Waals surface area (Å²) in [6, 6.07) is 17.6. The van der Waals surface area contributed by atoms with E-state index in [2.05, 4.69) is 9.97 Å². The zero-order valence-corrected chi connectivity index (χ0v) is 15.8. The van der Waals surface area contributed by atoms with Crippen molar-refractivity contribution in [2.75, 3.05) is 12.3 Å². The fraction of sp³-hybridized carbons (Fsp3) is 0.227. The number of anilines is 1. The van der Waals surface area contributed by atoms with Crippen molar-refractivity contribution in [2.45, 2.75) is 18.9 Å². The highest BCUT2D eigenvalue weighted by molar-refractivity contribution is 5.98. The lowest BCUT2D eigenvalue weighted by atomic mass is 9.81. The smallest absolute Gasteiger partial charge is 0.164 e. The van der Waals surface area contributed by atoms with Gasteiger partial charge in [0.05, 0.1) is 11.4 Å². The first-order chi connectivity index (χ1) is 14.2. The van der Waals surface area contributed by atoms with Crippen molar-refractivity contribution in [3.05, 3.63) is 60.9 Å². The summed E-state index contributed by atoms with van der Waals surface area (Å²) in [5.41, 5.74) is 8.60. The molecule has 1 aliphatic carbocycles. The van der Waals surface area contributed by atoms with Crippen LogP contribution in [-0.2, 0) is 0 Å². The Hall–Kier alpha value is -3.45. The van der Waals surface area contributed by atoms with E-state index in [-0.39, 0.29) is 12.6 Å². The minimum Gasteiger partial charge on any atom is -0.457 e. The molecule has 0 aliphatic heterocycles. The van der Waals surface area contributed by atoms with Crippen molar-refractivity contribution in [3.63, 3.8) is 0 Å². The highest BCUT2D eigenvalue weighted by atomic mass is 16.5. The number of nitrogens with zero attached hydrogens (tertiary/aromatic N) is 4. The van der Waals surface area contributed by atoms with Crippen molar-refractivity contribution >= 4 is 16.9 Å². The van der Waals surface area contributed by atoms with Crippen LogP contribution >= 0.6 is 0 Å². The van der Waals surface area contributed by atoms with Gasteiger partial charge in [-0.3, -0.25) is 0 Å². The van der Waals surface area contributed by atoms with Crippen LogP contribution in [0.3, 0.4) is 0 Å². The maximum absolute atomic E-state index is 9.34. The first-order valence-corrected chi connectivity index (χ1v) is 9.66. The molecule has 1 fully saturated rings. The zero-order valence-electron chi connectivity index (χ0n) is 15.8. The van der Waals surface area contributed by atoms with E-state index in [0.29, 0.717) is 11.7 Å². The Labute approximate surface area is 167 Å². The second-order valence-corrected chi connectivity index (χ2v) is 7.36. The van der Waals surface area contributed by atoms with Crippen molar-refractivity contribution in [1.82, 2.24) is 19.7 Å². The Bertz CT molecular complexity index is 1140. The Kier molecular flexibility index (Phi) is 4.37. The molecular weight excluding hydrogens is 366 g/mol. The molecule has 1 aliphatic rings. The molecule has 0 unspecified atom stereocenters. The van der Waals surface area contributed by atoms with Gasteiger partial charge in [-0.15, -0.1) is 0 Å². The summed E-state index contributed by atoms with van der Waals surface area (Å²) in [4.78, 5) is 8.60. The minimum absolute atomic E-state index is 0.211. The van der Waals surface area contributed by atoms with Gasteiger partial charge >= 0.3 is 0 Å². The number of hydrogen-bond acceptors (Lipinski definition) is 6. The second kappa shape index (κ2) is 7.18. The molecule has 0 radical (unpaired) electrons. The summed E-state index contributed by atoms with van der Waals surface area (Å²) in [7, 11) is 0. The molecule has 29 heavy (non-hydrogen) atoms. The standard InChI is InChI=1S/C22H21N5O2/c23-21-19-20(15-6-8-18(9-7-15)29-17-4-2-1-3-5-17)26-27(22(19)25-13-24-21)16-10-14(11-16)12-28/h1-9,13-14,16,28H,10-12H2,(H2,23,24,25). The van der Waals surface area contributed by atoms with Gasteiger partial charge in [-0.25, -0.2) is 14.6 Å². The summed E-state index contributed by atoms with van der Waals surface area (Å²) in [6.07, 6.45) is 3.25. The third-order valence-electron chi connectivity index (χ3n) is 5.44. The second-order valence-electron chi connectivity index (χ2n) is 7.36. The highest BCUT2D eigenvalue weighted by Gasteiger charge is 2.33. The molecule has 7 nitrogen and oxygen atoms in total. The van der Waals surface area contributed by atoms with Crippen LogP contribution in [-0.4, -0.2) is 31.5 Å². The topological polar surface area (TPSA) is 99.1 Å². The fourth-order valence-corrected chi connectivity index (χ4v) is 3.81. The largest absolute Gasteiger partial charge is 0.457 e. The van der Waals surface area contributed by atoms with Crippen LogP contribution in [0.15, 0.2) is 60.9 Å². The van der Waals surface area contributed by atoms with Gasteiger partial charge in [0.25, 0.3) is 0 Å². The molecule has 3 N–H and O–H groups in total. The Morgan fingerprint density at radius 1 is 1.00 bits per heavy atom. The quantitative estimate of drug-likeness (QED) is 0.540. The molecule has 0 spiro atoms. The highest BCUT2D eigenvalue weighted by Crippen LogP contribution is 2.41. The van der Waals surface area contributed by atoms with Gasteiger partial charge in [0.2, 0.25) is 0 Å². The van der Waals surface area contributed by atoms with Crippen LogP contribution in [0.4, 0.5) is 5.82 Å². The number of aliphatic hydroxyl groups is 1. The van der Waals surface area contributed by atoms with E-state index >= 15 is 0 Å². The minimum atomic E-state index is 0.211. The van der Waals surface area contributed by atoms with Crippen LogP contribution in [0.5, 0.6) is 11.5 Å². The van der Waals surface area contributed by atoms with Crippen LogP contribution in [0.1, 0.15) is 18.9 Å². The normalized spacial score (nSPS) is 18.5. The summed E-state index contributed by atoms with van der Waals surface area (Å²) < 4.78 is 7.81. The molecule has 0 amide bonds. The summed E-state index contributed by atoms with van der Waals surface area (Å²) in [5, 5.41) is 14.9. The lowest BCUT2D eigenvalue weighted by molar-refractivity contribution is 0.108. The maximum atomic E-state index is 9.34. The fourth-order valence-electron chi connectivity index (χ4n) is 3.81. The van der Waals surface area contributed by atoms with Crippen LogP contribution < -0.4 is 10.5 Å². The molecule has 146 valence electrons. The number of para-hydroxylation sites is 1. The van der Waals surface area contributed by atoms with Crippen molar-refractivity contribution in [1.29, 1.82) is 0 Å². The number of fused-ring (bicyclic) bond motifs is 1. The van der Waals surface area contributed by atoms with E-state index in [1.165, 1.54) is 6.33 Å². The van der Waals surface area contributed by atoms with Crippen molar-refractivity contribution in [3.8, 4) is 22.8 Å². The molecule has 4 aromatic rings. The SMILES string of the molecule is Nc1ncnc2c1c(-c1ccc(Oc3ccccc3)cc1)nn2C1CC(CO)C1. The number of ether oxygens (including phenoxy) is 1. The monoisotopic (exact) mass is 387 g/mol. The lowest BCUT2D eigenvalue weighted by Gasteiger charge is -2.34. The van der Waals surface area contributed by atoms with E-state index in [0.717, 1.165) is 46.6 Å². The van der Waals surface area contributed by atoms with Crippen LogP contribution in [0, 0.1) is 5.92 Å². The molecule has 2 aromatic heterocycles. The molecule has 1 saturated carbocycles. The van der Waals surface area contributed by atoms with E-state index in [9.17, 15) is 5.11 Å². The van der Waals surface area contributed by atoms with E-state index in [4.69, 9.17) is 15.6 Å². The molecule has 2 heterocycles. The average Bonchev–Trinajstić information content (AvgIpc) is 3.09. The predicted octanol–water partition coefficient (Wildman–Crippen LogP) is 3.81. The molecule has 7 heteroatoms. The summed E-state index contributed by atoms with van der Waals surface area (Å²) in [5.74, 6) is 2.28. The summed E-state index contributed by atoms with van der Waals surface area (Å²) in [6.45, 7) is 0.211. The van der Waals surface area contributed by atoms with Gasteiger partial charge < -0.3 is 15.6 Å². The number of benzene rings is 2. The first kappa shape index (κ1) is 17.6.